The predicted molar refractivity (Wildman–Crippen MR) is 44.6 cm³/mol. The second kappa shape index (κ2) is 3.02. The van der Waals surface area contributed by atoms with E-state index in [2.05, 4.69) is 10.3 Å². The summed E-state index contributed by atoms with van der Waals surface area (Å²) in [7, 11) is 1.78. The number of aromatic nitrogens is 3. The highest BCUT2D eigenvalue weighted by atomic mass is 16.4. The number of hydrogen-bond donors (Lipinski definition) is 1. The number of furan rings is 1. The maximum Gasteiger partial charge on any atom is 0.154 e. The number of aliphatic hydroxyl groups excluding tert-OH is 1. The zero-order valence-electron chi connectivity index (χ0n) is 7.14. The van der Waals surface area contributed by atoms with Gasteiger partial charge in [-0.1, -0.05) is 5.21 Å². The van der Waals surface area contributed by atoms with E-state index in [4.69, 9.17) is 9.52 Å². The molecule has 0 aliphatic heterocycles. The van der Waals surface area contributed by atoms with Crippen LogP contribution >= 0.6 is 0 Å². The molecule has 13 heavy (non-hydrogen) atoms. The fraction of sp³-hybridized carbons (Fsp3) is 0.250. The summed E-state index contributed by atoms with van der Waals surface area (Å²) >= 11 is 0. The molecule has 68 valence electrons. The Kier molecular flexibility index (Phi) is 1.86. The molecule has 0 aromatic carbocycles. The van der Waals surface area contributed by atoms with Crippen molar-refractivity contribution in [3.8, 4) is 11.5 Å². The number of nitrogens with zero attached hydrogens (tertiary/aromatic N) is 3. The van der Waals surface area contributed by atoms with Gasteiger partial charge in [-0.05, 0) is 12.1 Å². The smallest absolute Gasteiger partial charge is 0.154 e. The van der Waals surface area contributed by atoms with Crippen LogP contribution in [0.15, 0.2) is 22.7 Å². The Bertz CT molecular complexity index is 405. The molecule has 0 saturated carbocycles. The Hall–Kier alpha value is -1.62. The van der Waals surface area contributed by atoms with Gasteiger partial charge in [-0.3, -0.25) is 0 Å². The van der Waals surface area contributed by atoms with Gasteiger partial charge in [-0.15, -0.1) is 5.10 Å². The van der Waals surface area contributed by atoms with Crippen molar-refractivity contribution in [1.82, 2.24) is 15.0 Å². The maximum atomic E-state index is 8.79. The summed E-state index contributed by atoms with van der Waals surface area (Å²) in [5.74, 6) is 1.20. The number of rotatable bonds is 2. The Labute approximate surface area is 74.6 Å². The van der Waals surface area contributed by atoms with Gasteiger partial charge in [0.05, 0.1) is 6.20 Å². The van der Waals surface area contributed by atoms with Crippen LogP contribution in [0.2, 0.25) is 0 Å². The summed E-state index contributed by atoms with van der Waals surface area (Å²) in [6, 6.07) is 3.51. The van der Waals surface area contributed by atoms with Gasteiger partial charge >= 0.3 is 0 Å². The van der Waals surface area contributed by atoms with Crippen LogP contribution in [0.5, 0.6) is 0 Å². The van der Waals surface area contributed by atoms with Gasteiger partial charge in [0.2, 0.25) is 0 Å². The lowest BCUT2D eigenvalue weighted by Crippen LogP contribution is -1.92. The van der Waals surface area contributed by atoms with Crippen molar-refractivity contribution in [2.24, 2.45) is 7.05 Å². The van der Waals surface area contributed by atoms with Gasteiger partial charge < -0.3 is 9.52 Å². The lowest BCUT2D eigenvalue weighted by Gasteiger charge is -1.94. The van der Waals surface area contributed by atoms with Crippen LogP contribution < -0.4 is 0 Å². The summed E-state index contributed by atoms with van der Waals surface area (Å²) in [6.07, 6.45) is 1.61. The summed E-state index contributed by atoms with van der Waals surface area (Å²) in [6.45, 7) is -0.0920. The molecule has 0 spiro atoms. The van der Waals surface area contributed by atoms with E-state index in [0.29, 0.717) is 11.5 Å². The third kappa shape index (κ3) is 1.33. The average molecular weight is 179 g/mol. The van der Waals surface area contributed by atoms with E-state index in [0.717, 1.165) is 5.69 Å². The minimum Gasteiger partial charge on any atom is -0.457 e. The summed E-state index contributed by atoms with van der Waals surface area (Å²) in [4.78, 5) is 0. The molecule has 0 amide bonds. The fourth-order valence-corrected chi connectivity index (χ4v) is 1.11. The zero-order chi connectivity index (χ0) is 9.26. The van der Waals surface area contributed by atoms with Crippen LogP contribution in [-0.4, -0.2) is 20.1 Å². The predicted octanol–water partition coefficient (Wildman–Crippen LogP) is 0.567. The summed E-state index contributed by atoms with van der Waals surface area (Å²) in [5, 5.41) is 16.3. The lowest BCUT2D eigenvalue weighted by atomic mass is 10.3. The number of aryl methyl sites for hydroxylation is 1. The topological polar surface area (TPSA) is 64.1 Å². The molecule has 0 aliphatic carbocycles. The molecule has 0 aliphatic rings. The second-order valence-electron chi connectivity index (χ2n) is 2.67. The molecule has 5 heteroatoms. The Morgan fingerprint density at radius 2 is 2.38 bits per heavy atom. The zero-order valence-corrected chi connectivity index (χ0v) is 7.14. The first-order chi connectivity index (χ1) is 6.31. The summed E-state index contributed by atoms with van der Waals surface area (Å²) < 4.78 is 6.92. The van der Waals surface area contributed by atoms with E-state index in [-0.39, 0.29) is 6.61 Å². The second-order valence-corrected chi connectivity index (χ2v) is 2.67. The van der Waals surface area contributed by atoms with E-state index < -0.39 is 0 Å². The molecule has 0 saturated heterocycles. The van der Waals surface area contributed by atoms with Crippen molar-refractivity contribution >= 4 is 0 Å². The van der Waals surface area contributed by atoms with E-state index in [1.165, 1.54) is 0 Å². The number of hydrogen-bond acceptors (Lipinski definition) is 4. The molecule has 0 bridgehead atoms. The number of aliphatic hydroxyl groups is 1. The van der Waals surface area contributed by atoms with Crippen molar-refractivity contribution in [1.29, 1.82) is 0 Å². The molecule has 2 aromatic rings. The Morgan fingerprint density at radius 3 is 2.92 bits per heavy atom. The van der Waals surface area contributed by atoms with E-state index >= 15 is 0 Å². The maximum absolute atomic E-state index is 8.79. The Morgan fingerprint density at radius 1 is 1.54 bits per heavy atom. The molecular weight excluding hydrogens is 170 g/mol. The first kappa shape index (κ1) is 8.00. The third-order valence-corrected chi connectivity index (χ3v) is 1.78. The first-order valence-corrected chi connectivity index (χ1v) is 3.86. The van der Waals surface area contributed by atoms with E-state index in [1.807, 2.05) is 0 Å². The highest BCUT2D eigenvalue weighted by Gasteiger charge is 2.07. The van der Waals surface area contributed by atoms with Gasteiger partial charge in [0.1, 0.15) is 18.1 Å². The normalized spacial score (nSPS) is 10.6. The van der Waals surface area contributed by atoms with Crippen LogP contribution in [-0.2, 0) is 13.7 Å². The fourth-order valence-electron chi connectivity index (χ4n) is 1.11. The first-order valence-electron chi connectivity index (χ1n) is 3.86. The third-order valence-electron chi connectivity index (χ3n) is 1.78. The van der Waals surface area contributed by atoms with Gasteiger partial charge in [0.25, 0.3) is 0 Å². The molecule has 0 radical (unpaired) electrons. The minimum absolute atomic E-state index is 0.0920. The van der Waals surface area contributed by atoms with Crippen molar-refractivity contribution in [2.75, 3.05) is 0 Å². The van der Waals surface area contributed by atoms with Crippen molar-refractivity contribution < 1.29 is 9.52 Å². The molecule has 0 atom stereocenters. The van der Waals surface area contributed by atoms with Gasteiger partial charge in [0.15, 0.2) is 5.76 Å². The molecule has 0 unspecified atom stereocenters. The Balaban J connectivity index is 2.41. The lowest BCUT2D eigenvalue weighted by molar-refractivity contribution is 0.248. The van der Waals surface area contributed by atoms with Crippen LogP contribution in [0.1, 0.15) is 5.76 Å². The van der Waals surface area contributed by atoms with Crippen molar-refractivity contribution in [3.63, 3.8) is 0 Å². The van der Waals surface area contributed by atoms with Crippen LogP contribution in [0.25, 0.3) is 11.5 Å². The molecular formula is C8H9N3O2. The summed E-state index contributed by atoms with van der Waals surface area (Å²) in [5.41, 5.74) is 0.791. The monoisotopic (exact) mass is 179 g/mol. The van der Waals surface area contributed by atoms with Crippen molar-refractivity contribution in [3.05, 3.63) is 24.1 Å². The quantitative estimate of drug-likeness (QED) is 0.731. The molecule has 2 aromatic heterocycles. The van der Waals surface area contributed by atoms with Gasteiger partial charge in [-0.25, -0.2) is 4.68 Å². The average Bonchev–Trinajstić information content (AvgIpc) is 2.71. The van der Waals surface area contributed by atoms with Crippen LogP contribution in [0.3, 0.4) is 0 Å². The van der Waals surface area contributed by atoms with Crippen LogP contribution in [0, 0.1) is 0 Å². The minimum atomic E-state index is -0.0920. The highest BCUT2D eigenvalue weighted by molar-refractivity contribution is 5.50. The SMILES string of the molecule is Cn1nncc1-c1ccc(CO)o1. The van der Waals surface area contributed by atoms with Crippen molar-refractivity contribution in [2.45, 2.75) is 6.61 Å². The van der Waals surface area contributed by atoms with E-state index in [1.54, 1.807) is 30.1 Å². The molecule has 1 N–H and O–H groups in total. The van der Waals surface area contributed by atoms with Crippen LogP contribution in [0.4, 0.5) is 0 Å². The largest absolute Gasteiger partial charge is 0.457 e. The molecule has 2 rings (SSSR count). The van der Waals surface area contributed by atoms with Gasteiger partial charge in [0, 0.05) is 7.05 Å². The van der Waals surface area contributed by atoms with E-state index in [9.17, 15) is 0 Å². The standard InChI is InChI=1S/C8H9N3O2/c1-11-7(4-9-10-11)8-3-2-6(5-12)13-8/h2-4,12H,5H2,1H3. The van der Waals surface area contributed by atoms with Gasteiger partial charge in [-0.2, -0.15) is 0 Å². The molecule has 0 fully saturated rings. The highest BCUT2D eigenvalue weighted by Crippen LogP contribution is 2.19. The molecule has 2 heterocycles. The molecule has 5 nitrogen and oxygen atoms in total.